The second kappa shape index (κ2) is 4.05. The summed E-state index contributed by atoms with van der Waals surface area (Å²) in [5, 5.41) is 12.2. The zero-order chi connectivity index (χ0) is 12.8. The third-order valence-electron chi connectivity index (χ3n) is 4.03. The smallest absolute Gasteiger partial charge is 0.230 e. The van der Waals surface area contributed by atoms with Crippen LogP contribution < -0.4 is 5.32 Å². The average molecular weight is 249 g/mol. The minimum Gasteiger partial charge on any atom is -0.393 e. The number of rotatable bonds is 3. The van der Waals surface area contributed by atoms with Crippen LogP contribution in [0.25, 0.3) is 0 Å². The standard InChI is InChI=1S/C14H16FNO2/c15-10-3-1-9(2-4-10)14(5-6-14)13(18)16-11-7-12(17)8-11/h1-4,11-12,17H,5-8H2,(H,16,18). The topological polar surface area (TPSA) is 49.3 Å². The van der Waals surface area contributed by atoms with E-state index >= 15 is 0 Å². The van der Waals surface area contributed by atoms with Crippen molar-refractivity contribution in [1.82, 2.24) is 5.32 Å². The lowest BCUT2D eigenvalue weighted by atomic mass is 9.87. The quantitative estimate of drug-likeness (QED) is 0.852. The Bertz CT molecular complexity index is 461. The van der Waals surface area contributed by atoms with E-state index in [2.05, 4.69) is 5.32 Å². The van der Waals surface area contributed by atoms with Gasteiger partial charge in [0.1, 0.15) is 5.82 Å². The maximum absolute atomic E-state index is 12.9. The molecule has 1 aromatic rings. The zero-order valence-corrected chi connectivity index (χ0v) is 10.0. The van der Waals surface area contributed by atoms with E-state index in [-0.39, 0.29) is 23.9 Å². The number of amides is 1. The second-order valence-corrected chi connectivity index (χ2v) is 5.38. The fraction of sp³-hybridized carbons (Fsp3) is 0.500. The minimum atomic E-state index is -0.450. The molecule has 1 amide bonds. The van der Waals surface area contributed by atoms with Gasteiger partial charge in [0.2, 0.25) is 5.91 Å². The van der Waals surface area contributed by atoms with E-state index in [4.69, 9.17) is 0 Å². The number of carbonyl (C=O) groups is 1. The molecule has 2 fully saturated rings. The highest BCUT2D eigenvalue weighted by molar-refractivity contribution is 5.91. The molecule has 3 rings (SSSR count). The molecule has 2 aliphatic carbocycles. The van der Waals surface area contributed by atoms with Crippen LogP contribution in [0.15, 0.2) is 24.3 Å². The normalized spacial score (nSPS) is 28.3. The molecular formula is C14H16FNO2. The molecular weight excluding hydrogens is 233 g/mol. The van der Waals surface area contributed by atoms with Gasteiger partial charge in [-0.15, -0.1) is 0 Å². The highest BCUT2D eigenvalue weighted by Crippen LogP contribution is 2.48. The van der Waals surface area contributed by atoms with Crippen LogP contribution in [0.2, 0.25) is 0 Å². The summed E-state index contributed by atoms with van der Waals surface area (Å²) in [6.45, 7) is 0. The van der Waals surface area contributed by atoms with Crippen LogP contribution in [-0.2, 0) is 10.2 Å². The Labute approximate surface area is 105 Å². The van der Waals surface area contributed by atoms with Crippen molar-refractivity contribution in [3.8, 4) is 0 Å². The van der Waals surface area contributed by atoms with Crippen molar-refractivity contribution in [3.63, 3.8) is 0 Å². The molecule has 4 heteroatoms. The van der Waals surface area contributed by atoms with Crippen LogP contribution in [-0.4, -0.2) is 23.2 Å². The number of hydrogen-bond acceptors (Lipinski definition) is 2. The van der Waals surface area contributed by atoms with Gasteiger partial charge < -0.3 is 10.4 Å². The fourth-order valence-corrected chi connectivity index (χ4v) is 2.57. The average Bonchev–Trinajstić information content (AvgIpc) is 3.09. The van der Waals surface area contributed by atoms with E-state index in [0.717, 1.165) is 18.4 Å². The summed E-state index contributed by atoms with van der Waals surface area (Å²) in [7, 11) is 0. The summed E-state index contributed by atoms with van der Waals surface area (Å²) in [6.07, 6.45) is 2.66. The van der Waals surface area contributed by atoms with Gasteiger partial charge in [0, 0.05) is 6.04 Å². The number of halogens is 1. The summed E-state index contributed by atoms with van der Waals surface area (Å²) in [5.41, 5.74) is 0.440. The first kappa shape index (κ1) is 11.7. The van der Waals surface area contributed by atoms with Crippen molar-refractivity contribution < 1.29 is 14.3 Å². The molecule has 96 valence electrons. The molecule has 0 heterocycles. The van der Waals surface area contributed by atoms with Gasteiger partial charge in [0.25, 0.3) is 0 Å². The second-order valence-electron chi connectivity index (χ2n) is 5.38. The van der Waals surface area contributed by atoms with Gasteiger partial charge in [-0.25, -0.2) is 4.39 Å². The van der Waals surface area contributed by atoms with E-state index in [1.165, 1.54) is 12.1 Å². The van der Waals surface area contributed by atoms with Crippen LogP contribution in [0, 0.1) is 5.82 Å². The lowest BCUT2D eigenvalue weighted by Gasteiger charge is -2.33. The van der Waals surface area contributed by atoms with Gasteiger partial charge in [-0.05, 0) is 43.4 Å². The lowest BCUT2D eigenvalue weighted by Crippen LogP contribution is -2.49. The first-order chi connectivity index (χ1) is 8.60. The summed E-state index contributed by atoms with van der Waals surface area (Å²) in [6, 6.07) is 6.28. The van der Waals surface area contributed by atoms with Gasteiger partial charge in [-0.2, -0.15) is 0 Å². The van der Waals surface area contributed by atoms with Gasteiger partial charge in [0.15, 0.2) is 0 Å². The molecule has 0 bridgehead atoms. The Morgan fingerprint density at radius 3 is 2.39 bits per heavy atom. The molecule has 2 aliphatic rings. The summed E-state index contributed by atoms with van der Waals surface area (Å²) in [4.78, 5) is 12.2. The van der Waals surface area contributed by atoms with Crippen LogP contribution in [0.1, 0.15) is 31.2 Å². The molecule has 0 unspecified atom stereocenters. The molecule has 0 radical (unpaired) electrons. The molecule has 0 atom stereocenters. The van der Waals surface area contributed by atoms with E-state index < -0.39 is 5.41 Å². The van der Waals surface area contributed by atoms with Crippen molar-refractivity contribution in [2.75, 3.05) is 0 Å². The summed E-state index contributed by atoms with van der Waals surface area (Å²) < 4.78 is 12.9. The largest absolute Gasteiger partial charge is 0.393 e. The van der Waals surface area contributed by atoms with Gasteiger partial charge in [0.05, 0.1) is 11.5 Å². The van der Waals surface area contributed by atoms with Gasteiger partial charge >= 0.3 is 0 Å². The third-order valence-corrected chi connectivity index (χ3v) is 4.03. The lowest BCUT2D eigenvalue weighted by molar-refractivity contribution is -0.125. The number of aliphatic hydroxyl groups is 1. The predicted molar refractivity (Wildman–Crippen MR) is 64.5 cm³/mol. The third kappa shape index (κ3) is 1.90. The fourth-order valence-electron chi connectivity index (χ4n) is 2.57. The number of benzene rings is 1. The molecule has 0 aliphatic heterocycles. The number of aliphatic hydroxyl groups excluding tert-OH is 1. The molecule has 0 spiro atoms. The molecule has 0 aromatic heterocycles. The Morgan fingerprint density at radius 2 is 1.89 bits per heavy atom. The van der Waals surface area contributed by atoms with Crippen molar-refractivity contribution in [2.45, 2.75) is 43.2 Å². The SMILES string of the molecule is O=C(NC1CC(O)C1)C1(c2ccc(F)cc2)CC1. The highest BCUT2D eigenvalue weighted by atomic mass is 19.1. The monoisotopic (exact) mass is 249 g/mol. The zero-order valence-electron chi connectivity index (χ0n) is 10.0. The summed E-state index contributed by atoms with van der Waals surface area (Å²) in [5.74, 6) is -0.261. The van der Waals surface area contributed by atoms with Crippen molar-refractivity contribution in [3.05, 3.63) is 35.6 Å². The first-order valence-corrected chi connectivity index (χ1v) is 6.35. The molecule has 18 heavy (non-hydrogen) atoms. The molecule has 3 nitrogen and oxygen atoms in total. The van der Waals surface area contributed by atoms with Gasteiger partial charge in [-0.1, -0.05) is 12.1 Å². The number of carbonyl (C=O) groups excluding carboxylic acids is 1. The van der Waals surface area contributed by atoms with E-state index in [1.54, 1.807) is 12.1 Å². The highest BCUT2D eigenvalue weighted by Gasteiger charge is 2.52. The summed E-state index contributed by atoms with van der Waals surface area (Å²) >= 11 is 0. The predicted octanol–water partition coefficient (Wildman–Crippen LogP) is 1.50. The molecule has 0 saturated heterocycles. The Morgan fingerprint density at radius 1 is 1.28 bits per heavy atom. The van der Waals surface area contributed by atoms with Crippen molar-refractivity contribution >= 4 is 5.91 Å². The van der Waals surface area contributed by atoms with Crippen LogP contribution in [0.4, 0.5) is 4.39 Å². The molecule has 1 aromatic carbocycles. The van der Waals surface area contributed by atoms with E-state index in [9.17, 15) is 14.3 Å². The minimum absolute atomic E-state index is 0.0195. The first-order valence-electron chi connectivity index (χ1n) is 6.35. The Kier molecular flexibility index (Phi) is 2.63. The maximum atomic E-state index is 12.9. The van der Waals surface area contributed by atoms with Gasteiger partial charge in [-0.3, -0.25) is 4.79 Å². The van der Waals surface area contributed by atoms with Crippen LogP contribution in [0.3, 0.4) is 0 Å². The molecule has 2 saturated carbocycles. The van der Waals surface area contributed by atoms with E-state index in [1.807, 2.05) is 0 Å². The maximum Gasteiger partial charge on any atom is 0.230 e. The van der Waals surface area contributed by atoms with Crippen LogP contribution in [0.5, 0.6) is 0 Å². The molecule has 2 N–H and O–H groups in total. The van der Waals surface area contributed by atoms with E-state index in [0.29, 0.717) is 12.8 Å². The van der Waals surface area contributed by atoms with Crippen molar-refractivity contribution in [2.24, 2.45) is 0 Å². The number of nitrogens with one attached hydrogen (secondary N) is 1. The van der Waals surface area contributed by atoms with Crippen LogP contribution >= 0.6 is 0 Å². The van der Waals surface area contributed by atoms with Crippen molar-refractivity contribution in [1.29, 1.82) is 0 Å². The number of hydrogen-bond donors (Lipinski definition) is 2. The Hall–Kier alpha value is -1.42. The Balaban J connectivity index is 1.70.